The first-order valence-corrected chi connectivity index (χ1v) is 10.3. The third kappa shape index (κ3) is 4.02. The van der Waals surface area contributed by atoms with Crippen molar-refractivity contribution in [2.75, 3.05) is 31.1 Å². The standard InChI is InChI=1S/C24H22N6O/c31-23(29-14-16-30(17-15-29)24-25-12-3-13-26-24)19-9-6-18(7-10-19)8-11-22-20-4-1-2-5-21(20)27-28-22/h1-13H,14-17H2,(H,27,28). The van der Waals surface area contributed by atoms with Gasteiger partial charge >= 0.3 is 0 Å². The summed E-state index contributed by atoms with van der Waals surface area (Å²) in [6.07, 6.45) is 7.48. The molecular weight excluding hydrogens is 388 g/mol. The van der Waals surface area contributed by atoms with Crippen molar-refractivity contribution in [3.8, 4) is 0 Å². The molecule has 0 aliphatic carbocycles. The highest BCUT2D eigenvalue weighted by Crippen LogP contribution is 2.18. The molecule has 2 aromatic heterocycles. The van der Waals surface area contributed by atoms with E-state index in [4.69, 9.17) is 0 Å². The summed E-state index contributed by atoms with van der Waals surface area (Å²) in [5, 5.41) is 8.48. The SMILES string of the molecule is O=C(c1ccc(C=Cc2n[nH]c3ccccc23)cc1)N1CCN(c2ncccn2)CC1. The van der Waals surface area contributed by atoms with Crippen LogP contribution in [0.4, 0.5) is 5.95 Å². The molecule has 7 heteroatoms. The van der Waals surface area contributed by atoms with E-state index in [0.717, 1.165) is 41.2 Å². The number of H-pyrrole nitrogens is 1. The molecule has 0 bridgehead atoms. The van der Waals surface area contributed by atoms with Crippen LogP contribution in [-0.2, 0) is 0 Å². The van der Waals surface area contributed by atoms with Crippen molar-refractivity contribution in [3.63, 3.8) is 0 Å². The summed E-state index contributed by atoms with van der Waals surface area (Å²) in [7, 11) is 0. The molecule has 31 heavy (non-hydrogen) atoms. The molecule has 1 N–H and O–H groups in total. The fourth-order valence-corrected chi connectivity index (χ4v) is 3.77. The van der Waals surface area contributed by atoms with Crippen LogP contribution in [-0.4, -0.2) is 57.2 Å². The van der Waals surface area contributed by atoms with E-state index in [1.54, 1.807) is 18.5 Å². The third-order valence-corrected chi connectivity index (χ3v) is 5.49. The lowest BCUT2D eigenvalue weighted by Gasteiger charge is -2.34. The highest BCUT2D eigenvalue weighted by atomic mass is 16.2. The molecular formula is C24H22N6O. The molecule has 0 atom stereocenters. The maximum Gasteiger partial charge on any atom is 0.253 e. The number of aromatic nitrogens is 4. The Balaban J connectivity index is 1.22. The van der Waals surface area contributed by atoms with E-state index in [0.29, 0.717) is 18.7 Å². The summed E-state index contributed by atoms with van der Waals surface area (Å²) < 4.78 is 0. The molecule has 1 fully saturated rings. The molecule has 1 saturated heterocycles. The van der Waals surface area contributed by atoms with Gasteiger partial charge in [0.2, 0.25) is 5.95 Å². The Labute approximate surface area is 180 Å². The number of hydrogen-bond acceptors (Lipinski definition) is 5. The van der Waals surface area contributed by atoms with Gasteiger partial charge in [0.1, 0.15) is 0 Å². The van der Waals surface area contributed by atoms with Crippen LogP contribution in [0, 0.1) is 0 Å². The number of nitrogens with one attached hydrogen (secondary N) is 1. The van der Waals surface area contributed by atoms with Crippen molar-refractivity contribution in [3.05, 3.63) is 83.8 Å². The molecule has 2 aromatic carbocycles. The van der Waals surface area contributed by atoms with Crippen molar-refractivity contribution < 1.29 is 4.79 Å². The molecule has 1 amide bonds. The Kier molecular flexibility index (Phi) is 5.14. The number of para-hydroxylation sites is 1. The lowest BCUT2D eigenvalue weighted by Crippen LogP contribution is -2.49. The van der Waals surface area contributed by atoms with E-state index in [-0.39, 0.29) is 5.91 Å². The van der Waals surface area contributed by atoms with Gasteiger partial charge in [-0.05, 0) is 35.9 Å². The van der Waals surface area contributed by atoms with Gasteiger partial charge in [0.15, 0.2) is 0 Å². The largest absolute Gasteiger partial charge is 0.337 e. The Morgan fingerprint density at radius 3 is 2.39 bits per heavy atom. The fourth-order valence-electron chi connectivity index (χ4n) is 3.77. The smallest absolute Gasteiger partial charge is 0.253 e. The molecule has 1 aliphatic heterocycles. The molecule has 0 unspecified atom stereocenters. The average Bonchev–Trinajstić information content (AvgIpc) is 3.26. The summed E-state index contributed by atoms with van der Waals surface area (Å²) in [5.41, 5.74) is 3.64. The van der Waals surface area contributed by atoms with Gasteiger partial charge in [0.05, 0.1) is 11.2 Å². The van der Waals surface area contributed by atoms with Crippen LogP contribution in [0.5, 0.6) is 0 Å². The number of aromatic amines is 1. The van der Waals surface area contributed by atoms with Crippen molar-refractivity contribution in [1.82, 2.24) is 25.1 Å². The van der Waals surface area contributed by atoms with Crippen molar-refractivity contribution in [1.29, 1.82) is 0 Å². The monoisotopic (exact) mass is 410 g/mol. The van der Waals surface area contributed by atoms with Crippen LogP contribution in [0.3, 0.4) is 0 Å². The molecule has 0 radical (unpaired) electrons. The van der Waals surface area contributed by atoms with E-state index < -0.39 is 0 Å². The van der Waals surface area contributed by atoms with Gasteiger partial charge in [-0.25, -0.2) is 9.97 Å². The summed E-state index contributed by atoms with van der Waals surface area (Å²) in [4.78, 5) is 25.5. The number of carbonyl (C=O) groups is 1. The number of anilines is 1. The van der Waals surface area contributed by atoms with Crippen LogP contribution in [0.1, 0.15) is 21.6 Å². The van der Waals surface area contributed by atoms with Gasteiger partial charge in [-0.1, -0.05) is 36.4 Å². The van der Waals surface area contributed by atoms with Crippen LogP contribution in [0.25, 0.3) is 23.1 Å². The van der Waals surface area contributed by atoms with Gasteiger partial charge in [-0.3, -0.25) is 9.89 Å². The van der Waals surface area contributed by atoms with Crippen LogP contribution >= 0.6 is 0 Å². The first kappa shape index (κ1) is 19.0. The number of carbonyl (C=O) groups excluding carboxylic acids is 1. The predicted molar refractivity (Wildman–Crippen MR) is 122 cm³/mol. The summed E-state index contributed by atoms with van der Waals surface area (Å²) in [6, 6.07) is 17.5. The molecule has 0 spiro atoms. The van der Waals surface area contributed by atoms with Gasteiger partial charge < -0.3 is 9.80 Å². The van der Waals surface area contributed by atoms with Crippen molar-refractivity contribution >= 4 is 34.9 Å². The second-order valence-corrected chi connectivity index (χ2v) is 7.44. The van der Waals surface area contributed by atoms with Crippen LogP contribution < -0.4 is 4.90 Å². The third-order valence-electron chi connectivity index (χ3n) is 5.49. The predicted octanol–water partition coefficient (Wildman–Crippen LogP) is 3.49. The molecule has 154 valence electrons. The molecule has 7 nitrogen and oxygen atoms in total. The summed E-state index contributed by atoms with van der Waals surface area (Å²) in [5.74, 6) is 0.776. The maximum absolute atomic E-state index is 12.9. The molecule has 1 aliphatic rings. The highest BCUT2D eigenvalue weighted by molar-refractivity contribution is 5.95. The molecule has 0 saturated carbocycles. The number of nitrogens with zero attached hydrogens (tertiary/aromatic N) is 5. The van der Waals surface area contributed by atoms with Crippen LogP contribution in [0.2, 0.25) is 0 Å². The van der Waals surface area contributed by atoms with Gasteiger partial charge in [-0.2, -0.15) is 5.10 Å². The number of hydrogen-bond donors (Lipinski definition) is 1. The lowest BCUT2D eigenvalue weighted by atomic mass is 10.1. The maximum atomic E-state index is 12.9. The van der Waals surface area contributed by atoms with Gasteiger partial charge in [-0.15, -0.1) is 0 Å². The lowest BCUT2D eigenvalue weighted by molar-refractivity contribution is 0.0746. The number of rotatable bonds is 4. The van der Waals surface area contributed by atoms with E-state index >= 15 is 0 Å². The molecule has 4 aromatic rings. The van der Waals surface area contributed by atoms with Crippen molar-refractivity contribution in [2.24, 2.45) is 0 Å². The minimum Gasteiger partial charge on any atom is -0.337 e. The number of amides is 1. The van der Waals surface area contributed by atoms with Crippen LogP contribution in [0.15, 0.2) is 67.0 Å². The second kappa shape index (κ2) is 8.39. The Morgan fingerprint density at radius 2 is 1.61 bits per heavy atom. The normalized spacial score (nSPS) is 14.5. The van der Waals surface area contributed by atoms with Crippen molar-refractivity contribution in [2.45, 2.75) is 0 Å². The first-order chi connectivity index (χ1) is 15.3. The zero-order valence-electron chi connectivity index (χ0n) is 17.0. The molecule has 5 rings (SSSR count). The van der Waals surface area contributed by atoms with E-state index in [1.165, 1.54) is 0 Å². The van der Waals surface area contributed by atoms with E-state index in [1.807, 2.05) is 65.6 Å². The highest BCUT2D eigenvalue weighted by Gasteiger charge is 2.23. The zero-order chi connectivity index (χ0) is 21.0. The Hall–Kier alpha value is -4.00. The Bertz CT molecular complexity index is 1210. The summed E-state index contributed by atoms with van der Waals surface area (Å²) in [6.45, 7) is 2.78. The van der Waals surface area contributed by atoms with E-state index in [9.17, 15) is 4.79 Å². The first-order valence-electron chi connectivity index (χ1n) is 10.3. The number of benzene rings is 2. The Morgan fingerprint density at radius 1 is 0.871 bits per heavy atom. The number of fused-ring (bicyclic) bond motifs is 1. The fraction of sp³-hybridized carbons (Fsp3) is 0.167. The number of piperazine rings is 1. The minimum atomic E-state index is 0.0578. The van der Waals surface area contributed by atoms with Gasteiger partial charge in [0, 0.05) is 49.5 Å². The topological polar surface area (TPSA) is 78.0 Å². The summed E-state index contributed by atoms with van der Waals surface area (Å²) >= 11 is 0. The van der Waals surface area contributed by atoms with E-state index in [2.05, 4.69) is 25.1 Å². The minimum absolute atomic E-state index is 0.0578. The molecule has 3 heterocycles. The van der Waals surface area contributed by atoms with Gasteiger partial charge in [0.25, 0.3) is 5.91 Å². The second-order valence-electron chi connectivity index (χ2n) is 7.44. The average molecular weight is 410 g/mol. The zero-order valence-corrected chi connectivity index (χ0v) is 17.0. The quantitative estimate of drug-likeness (QED) is 0.557.